The first-order valence-electron chi connectivity index (χ1n) is 9.87. The molecule has 0 fully saturated rings. The third-order valence-corrected chi connectivity index (χ3v) is 7.03. The molecule has 0 aliphatic heterocycles. The number of carbonyl (C=O) groups excluding carboxylic acids is 1. The van der Waals surface area contributed by atoms with Gasteiger partial charge in [0.05, 0.1) is 17.3 Å². The Labute approximate surface area is 184 Å². The van der Waals surface area contributed by atoms with Crippen LogP contribution in [0.15, 0.2) is 69.0 Å². The summed E-state index contributed by atoms with van der Waals surface area (Å²) in [6.07, 6.45) is 1.33. The molecule has 1 unspecified atom stereocenters. The SMILES string of the molecule is CC(NC(=O)Cn1cnc2c(oc3ccccc32)c1=O)c1ccc(S(=O)(=O)N(C)C)cc1. The van der Waals surface area contributed by atoms with Crippen LogP contribution in [-0.4, -0.2) is 42.3 Å². The fourth-order valence-corrected chi connectivity index (χ4v) is 4.29. The van der Waals surface area contributed by atoms with Crippen LogP contribution in [0.3, 0.4) is 0 Å². The van der Waals surface area contributed by atoms with Gasteiger partial charge in [-0.2, -0.15) is 0 Å². The number of amides is 1. The second-order valence-corrected chi connectivity index (χ2v) is 9.75. The standard InChI is InChI=1S/C22H22N4O5S/c1-14(15-8-10-16(11-9-15)32(29,30)25(2)3)24-19(27)12-26-13-23-20-17-6-4-5-7-18(17)31-21(20)22(26)28/h4-11,13-14H,12H2,1-3H3,(H,24,27). The normalized spacial score (nSPS) is 13.0. The molecule has 2 aromatic carbocycles. The molecule has 32 heavy (non-hydrogen) atoms. The summed E-state index contributed by atoms with van der Waals surface area (Å²) < 4.78 is 32.3. The minimum absolute atomic E-state index is 0.104. The molecule has 0 saturated carbocycles. The van der Waals surface area contributed by atoms with Gasteiger partial charge in [0, 0.05) is 19.5 Å². The first-order valence-corrected chi connectivity index (χ1v) is 11.3. The Balaban J connectivity index is 1.50. The predicted molar refractivity (Wildman–Crippen MR) is 120 cm³/mol. The largest absolute Gasteiger partial charge is 0.448 e. The maximum absolute atomic E-state index is 12.8. The Hall–Kier alpha value is -3.50. The van der Waals surface area contributed by atoms with E-state index in [4.69, 9.17) is 4.42 Å². The molecule has 0 radical (unpaired) electrons. The average Bonchev–Trinajstić information content (AvgIpc) is 3.15. The van der Waals surface area contributed by atoms with Gasteiger partial charge in [-0.05, 0) is 36.8 Å². The van der Waals surface area contributed by atoms with Gasteiger partial charge in [-0.15, -0.1) is 0 Å². The Morgan fingerprint density at radius 2 is 1.84 bits per heavy atom. The number of rotatable bonds is 6. The van der Waals surface area contributed by atoms with E-state index in [9.17, 15) is 18.0 Å². The maximum Gasteiger partial charge on any atom is 0.297 e. The summed E-state index contributed by atoms with van der Waals surface area (Å²) in [5, 5.41) is 3.55. The van der Waals surface area contributed by atoms with E-state index in [1.165, 1.54) is 37.1 Å². The summed E-state index contributed by atoms with van der Waals surface area (Å²) in [5.74, 6) is -0.387. The van der Waals surface area contributed by atoms with Crippen molar-refractivity contribution in [2.75, 3.05) is 14.1 Å². The molecule has 1 atom stereocenters. The van der Waals surface area contributed by atoms with Crippen molar-refractivity contribution >= 4 is 38.0 Å². The highest BCUT2D eigenvalue weighted by molar-refractivity contribution is 7.89. The fourth-order valence-electron chi connectivity index (χ4n) is 3.39. The van der Waals surface area contributed by atoms with Gasteiger partial charge in [0.2, 0.25) is 21.5 Å². The number of hydrogen-bond donors (Lipinski definition) is 1. The third kappa shape index (κ3) is 3.90. The molecule has 2 heterocycles. The molecule has 0 spiro atoms. The van der Waals surface area contributed by atoms with Crippen molar-refractivity contribution in [1.29, 1.82) is 0 Å². The van der Waals surface area contributed by atoms with Gasteiger partial charge in [-0.1, -0.05) is 24.3 Å². The monoisotopic (exact) mass is 454 g/mol. The van der Waals surface area contributed by atoms with Gasteiger partial charge in [-0.3, -0.25) is 14.2 Å². The van der Waals surface area contributed by atoms with Gasteiger partial charge in [0.1, 0.15) is 17.6 Å². The zero-order valence-corrected chi connectivity index (χ0v) is 18.6. The molecular weight excluding hydrogens is 432 g/mol. The molecule has 166 valence electrons. The maximum atomic E-state index is 12.8. The van der Waals surface area contributed by atoms with Crippen LogP contribution in [0.4, 0.5) is 0 Å². The van der Waals surface area contributed by atoms with E-state index in [1.807, 2.05) is 12.1 Å². The highest BCUT2D eigenvalue weighted by Gasteiger charge is 2.19. The summed E-state index contributed by atoms with van der Waals surface area (Å²) in [7, 11) is -0.596. The van der Waals surface area contributed by atoms with Crippen LogP contribution in [0.5, 0.6) is 0 Å². The topological polar surface area (TPSA) is 115 Å². The first kappa shape index (κ1) is 21.7. The highest BCUT2D eigenvalue weighted by atomic mass is 32.2. The third-order valence-electron chi connectivity index (χ3n) is 5.20. The smallest absolute Gasteiger partial charge is 0.297 e. The van der Waals surface area contributed by atoms with E-state index in [0.717, 1.165) is 15.3 Å². The number of nitrogens with one attached hydrogen (secondary N) is 1. The molecular formula is C22H22N4O5S. The van der Waals surface area contributed by atoms with Crippen LogP contribution in [0, 0.1) is 0 Å². The molecule has 9 nitrogen and oxygen atoms in total. The number of furan rings is 1. The number of carbonyl (C=O) groups is 1. The Kier molecular flexibility index (Phi) is 5.57. The molecule has 0 saturated heterocycles. The minimum atomic E-state index is -3.52. The van der Waals surface area contributed by atoms with Crippen molar-refractivity contribution < 1.29 is 17.6 Å². The first-order chi connectivity index (χ1) is 15.2. The van der Waals surface area contributed by atoms with Crippen LogP contribution in [0.2, 0.25) is 0 Å². The van der Waals surface area contributed by atoms with E-state index >= 15 is 0 Å². The van der Waals surface area contributed by atoms with Crippen molar-refractivity contribution in [3.05, 3.63) is 70.8 Å². The van der Waals surface area contributed by atoms with E-state index in [2.05, 4.69) is 10.3 Å². The molecule has 4 rings (SSSR count). The van der Waals surface area contributed by atoms with Crippen LogP contribution in [-0.2, 0) is 21.4 Å². The van der Waals surface area contributed by atoms with Crippen LogP contribution in [0.1, 0.15) is 18.5 Å². The summed E-state index contributed by atoms with van der Waals surface area (Å²) in [6.45, 7) is 1.55. The summed E-state index contributed by atoms with van der Waals surface area (Å²) in [5.41, 5.74) is 1.42. The lowest BCUT2D eigenvalue weighted by atomic mass is 10.1. The van der Waals surface area contributed by atoms with Crippen molar-refractivity contribution in [3.63, 3.8) is 0 Å². The van der Waals surface area contributed by atoms with E-state index in [1.54, 1.807) is 31.2 Å². The van der Waals surface area contributed by atoms with Crippen molar-refractivity contribution in [3.8, 4) is 0 Å². The van der Waals surface area contributed by atoms with E-state index < -0.39 is 21.6 Å². The summed E-state index contributed by atoms with van der Waals surface area (Å²) in [6, 6.07) is 13.1. The fraction of sp³-hybridized carbons (Fsp3) is 0.227. The summed E-state index contributed by atoms with van der Waals surface area (Å²) in [4.78, 5) is 29.8. The Morgan fingerprint density at radius 3 is 2.53 bits per heavy atom. The lowest BCUT2D eigenvalue weighted by molar-refractivity contribution is -0.122. The number of hydrogen-bond acceptors (Lipinski definition) is 6. The molecule has 4 aromatic rings. The second kappa shape index (κ2) is 8.21. The van der Waals surface area contributed by atoms with Crippen LogP contribution >= 0.6 is 0 Å². The molecule has 1 N–H and O–H groups in total. The number of benzene rings is 2. The molecule has 0 bridgehead atoms. The van der Waals surface area contributed by atoms with Crippen LogP contribution < -0.4 is 10.9 Å². The zero-order chi connectivity index (χ0) is 23.0. The average molecular weight is 455 g/mol. The van der Waals surface area contributed by atoms with Gasteiger partial charge in [-0.25, -0.2) is 17.7 Å². The molecule has 1 amide bonds. The number of aromatic nitrogens is 2. The zero-order valence-electron chi connectivity index (χ0n) is 17.8. The number of fused-ring (bicyclic) bond motifs is 3. The van der Waals surface area contributed by atoms with Crippen molar-refractivity contribution in [2.24, 2.45) is 0 Å². The molecule has 10 heteroatoms. The molecule has 2 aromatic heterocycles. The van der Waals surface area contributed by atoms with E-state index in [0.29, 0.717) is 11.1 Å². The van der Waals surface area contributed by atoms with Gasteiger partial charge in [0.25, 0.3) is 5.56 Å². The number of nitrogens with zero attached hydrogens (tertiary/aromatic N) is 3. The van der Waals surface area contributed by atoms with Crippen molar-refractivity contribution in [1.82, 2.24) is 19.2 Å². The predicted octanol–water partition coefficient (Wildman–Crippen LogP) is 2.27. The second-order valence-electron chi connectivity index (χ2n) is 7.60. The van der Waals surface area contributed by atoms with Crippen LogP contribution in [0.25, 0.3) is 22.1 Å². The van der Waals surface area contributed by atoms with Gasteiger partial charge in [0.15, 0.2) is 0 Å². The van der Waals surface area contributed by atoms with Gasteiger partial charge < -0.3 is 9.73 Å². The van der Waals surface area contributed by atoms with Gasteiger partial charge >= 0.3 is 0 Å². The molecule has 0 aliphatic carbocycles. The summed E-state index contributed by atoms with van der Waals surface area (Å²) >= 11 is 0. The van der Waals surface area contributed by atoms with Crippen molar-refractivity contribution in [2.45, 2.75) is 24.4 Å². The highest BCUT2D eigenvalue weighted by Crippen LogP contribution is 2.24. The Morgan fingerprint density at radius 1 is 1.16 bits per heavy atom. The number of para-hydroxylation sites is 1. The molecule has 0 aliphatic rings. The van der Waals surface area contributed by atoms with E-state index in [-0.39, 0.29) is 22.9 Å². The lowest BCUT2D eigenvalue weighted by Gasteiger charge is -2.16. The Bertz CT molecular complexity index is 1470. The minimum Gasteiger partial charge on any atom is -0.448 e. The quantitative estimate of drug-likeness (QED) is 0.478. The number of sulfonamides is 1. The lowest BCUT2D eigenvalue weighted by Crippen LogP contribution is -2.33.